The van der Waals surface area contributed by atoms with Crippen LogP contribution < -0.4 is 15.0 Å². The first-order valence-electron chi connectivity index (χ1n) is 4.78. The van der Waals surface area contributed by atoms with Crippen molar-refractivity contribution in [2.75, 3.05) is 39.2 Å². The minimum absolute atomic E-state index is 0.922. The molecule has 0 fully saturated rings. The first-order valence-corrected chi connectivity index (χ1v) is 4.78. The fourth-order valence-electron chi connectivity index (χ4n) is 1.35. The molecule has 3 heteroatoms. The summed E-state index contributed by atoms with van der Waals surface area (Å²) in [6.07, 6.45) is 0. The van der Waals surface area contributed by atoms with Crippen LogP contribution in [0.25, 0.3) is 0 Å². The third-order valence-corrected chi connectivity index (χ3v) is 2.19. The summed E-state index contributed by atoms with van der Waals surface area (Å²) in [5, 5.41) is 3.12. The van der Waals surface area contributed by atoms with E-state index in [1.165, 1.54) is 0 Å². The largest absolute Gasteiger partial charge is 0.495 e. The van der Waals surface area contributed by atoms with Crippen LogP contribution in [0, 0.1) is 0 Å². The van der Waals surface area contributed by atoms with Crippen molar-refractivity contribution in [2.45, 2.75) is 0 Å². The highest BCUT2D eigenvalue weighted by Crippen LogP contribution is 2.25. The molecule has 0 saturated carbocycles. The summed E-state index contributed by atoms with van der Waals surface area (Å²) < 4.78 is 5.28. The maximum Gasteiger partial charge on any atom is 0.142 e. The SMILES string of the molecule is CNCCN(C)c1ccccc1OC. The second-order valence-corrected chi connectivity index (χ2v) is 3.20. The van der Waals surface area contributed by atoms with Crippen LogP contribution in [0.15, 0.2) is 24.3 Å². The predicted octanol–water partition coefficient (Wildman–Crippen LogP) is 1.35. The van der Waals surface area contributed by atoms with Crippen LogP contribution in [-0.2, 0) is 0 Å². The highest BCUT2D eigenvalue weighted by atomic mass is 16.5. The van der Waals surface area contributed by atoms with Gasteiger partial charge >= 0.3 is 0 Å². The van der Waals surface area contributed by atoms with Crippen molar-refractivity contribution in [3.8, 4) is 5.75 Å². The summed E-state index contributed by atoms with van der Waals surface area (Å²) in [4.78, 5) is 2.18. The lowest BCUT2D eigenvalue weighted by Crippen LogP contribution is -2.27. The fourth-order valence-corrected chi connectivity index (χ4v) is 1.35. The van der Waals surface area contributed by atoms with Gasteiger partial charge < -0.3 is 15.0 Å². The van der Waals surface area contributed by atoms with E-state index in [2.05, 4.69) is 23.3 Å². The van der Waals surface area contributed by atoms with Gasteiger partial charge in [-0.05, 0) is 19.2 Å². The molecule has 14 heavy (non-hydrogen) atoms. The van der Waals surface area contributed by atoms with Crippen LogP contribution >= 0.6 is 0 Å². The van der Waals surface area contributed by atoms with E-state index in [0.29, 0.717) is 0 Å². The van der Waals surface area contributed by atoms with Gasteiger partial charge in [0.15, 0.2) is 0 Å². The predicted molar refractivity (Wildman–Crippen MR) is 60.2 cm³/mol. The standard InChI is InChI=1S/C11H18N2O/c1-12-8-9-13(2)10-6-4-5-7-11(10)14-3/h4-7,12H,8-9H2,1-3H3. The second-order valence-electron chi connectivity index (χ2n) is 3.20. The molecule has 0 aliphatic carbocycles. The Bertz CT molecular complexity index is 276. The third kappa shape index (κ3) is 2.64. The molecule has 0 saturated heterocycles. The van der Waals surface area contributed by atoms with Crippen LogP contribution in [0.3, 0.4) is 0 Å². The number of ether oxygens (including phenoxy) is 1. The van der Waals surface area contributed by atoms with Crippen molar-refractivity contribution >= 4 is 5.69 Å². The molecular weight excluding hydrogens is 176 g/mol. The van der Waals surface area contributed by atoms with Crippen molar-refractivity contribution in [3.05, 3.63) is 24.3 Å². The zero-order valence-electron chi connectivity index (χ0n) is 9.08. The van der Waals surface area contributed by atoms with E-state index < -0.39 is 0 Å². The highest BCUT2D eigenvalue weighted by molar-refractivity contribution is 5.57. The lowest BCUT2D eigenvalue weighted by Gasteiger charge is -2.21. The van der Waals surface area contributed by atoms with Crippen LogP contribution in [-0.4, -0.2) is 34.3 Å². The molecule has 1 rings (SSSR count). The molecule has 1 aromatic rings. The Morgan fingerprint density at radius 3 is 2.71 bits per heavy atom. The van der Waals surface area contributed by atoms with Gasteiger partial charge in [-0.3, -0.25) is 0 Å². The lowest BCUT2D eigenvalue weighted by molar-refractivity contribution is 0.415. The lowest BCUT2D eigenvalue weighted by atomic mass is 10.2. The number of likely N-dealkylation sites (N-methyl/N-ethyl adjacent to an activating group) is 2. The Hall–Kier alpha value is -1.22. The van der Waals surface area contributed by atoms with E-state index in [4.69, 9.17) is 4.74 Å². The highest BCUT2D eigenvalue weighted by Gasteiger charge is 2.05. The number of rotatable bonds is 5. The molecule has 1 N–H and O–H groups in total. The summed E-state index contributed by atoms with van der Waals surface area (Å²) in [5.41, 5.74) is 1.13. The van der Waals surface area contributed by atoms with Crippen LogP contribution in [0.5, 0.6) is 5.75 Å². The molecule has 0 aliphatic heterocycles. The molecular formula is C11H18N2O. The average molecular weight is 194 g/mol. The van der Waals surface area contributed by atoms with Gasteiger partial charge in [0, 0.05) is 20.1 Å². The topological polar surface area (TPSA) is 24.5 Å². The summed E-state index contributed by atoms with van der Waals surface area (Å²) in [6.45, 7) is 1.94. The summed E-state index contributed by atoms with van der Waals surface area (Å²) in [5.74, 6) is 0.922. The Morgan fingerprint density at radius 2 is 2.07 bits per heavy atom. The Balaban J connectivity index is 2.72. The number of para-hydroxylation sites is 2. The Morgan fingerprint density at radius 1 is 1.36 bits per heavy atom. The first-order chi connectivity index (χ1) is 6.79. The summed E-state index contributed by atoms with van der Waals surface area (Å²) in [6, 6.07) is 8.04. The molecule has 78 valence electrons. The zero-order valence-corrected chi connectivity index (χ0v) is 9.08. The van der Waals surface area contributed by atoms with E-state index in [0.717, 1.165) is 24.5 Å². The summed E-state index contributed by atoms with van der Waals surface area (Å²) >= 11 is 0. The molecule has 0 aromatic heterocycles. The van der Waals surface area contributed by atoms with Crippen molar-refractivity contribution in [2.24, 2.45) is 0 Å². The van der Waals surface area contributed by atoms with Gasteiger partial charge in [0.1, 0.15) is 5.75 Å². The normalized spacial score (nSPS) is 9.93. The first kappa shape index (κ1) is 10.9. The van der Waals surface area contributed by atoms with Crippen molar-refractivity contribution < 1.29 is 4.74 Å². The van der Waals surface area contributed by atoms with Gasteiger partial charge in [0.05, 0.1) is 12.8 Å². The van der Waals surface area contributed by atoms with E-state index in [9.17, 15) is 0 Å². The Kier molecular flexibility index (Phi) is 4.26. The quantitative estimate of drug-likeness (QED) is 0.765. The molecule has 0 amide bonds. The number of methoxy groups -OCH3 is 1. The molecule has 0 atom stereocenters. The molecule has 0 aliphatic rings. The van der Waals surface area contributed by atoms with Gasteiger partial charge in [0.2, 0.25) is 0 Å². The van der Waals surface area contributed by atoms with Crippen molar-refractivity contribution in [1.82, 2.24) is 5.32 Å². The summed E-state index contributed by atoms with van der Waals surface area (Å²) in [7, 11) is 5.72. The van der Waals surface area contributed by atoms with Crippen molar-refractivity contribution in [1.29, 1.82) is 0 Å². The zero-order chi connectivity index (χ0) is 10.4. The molecule has 3 nitrogen and oxygen atoms in total. The molecule has 0 spiro atoms. The van der Waals surface area contributed by atoms with Crippen LogP contribution in [0.1, 0.15) is 0 Å². The number of benzene rings is 1. The smallest absolute Gasteiger partial charge is 0.142 e. The Labute approximate surface area is 85.7 Å². The molecule has 0 bridgehead atoms. The number of anilines is 1. The molecule has 0 radical (unpaired) electrons. The van der Waals surface area contributed by atoms with Gasteiger partial charge in [0.25, 0.3) is 0 Å². The van der Waals surface area contributed by atoms with Crippen LogP contribution in [0.4, 0.5) is 5.69 Å². The van der Waals surface area contributed by atoms with E-state index >= 15 is 0 Å². The second kappa shape index (κ2) is 5.50. The third-order valence-electron chi connectivity index (χ3n) is 2.19. The van der Waals surface area contributed by atoms with Gasteiger partial charge in [-0.2, -0.15) is 0 Å². The number of hydrogen-bond acceptors (Lipinski definition) is 3. The van der Waals surface area contributed by atoms with E-state index in [1.54, 1.807) is 7.11 Å². The minimum atomic E-state index is 0.922. The maximum atomic E-state index is 5.28. The minimum Gasteiger partial charge on any atom is -0.495 e. The van der Waals surface area contributed by atoms with Gasteiger partial charge in [-0.25, -0.2) is 0 Å². The van der Waals surface area contributed by atoms with Crippen molar-refractivity contribution in [3.63, 3.8) is 0 Å². The van der Waals surface area contributed by atoms with E-state index in [1.807, 2.05) is 25.2 Å². The number of nitrogens with one attached hydrogen (secondary N) is 1. The van der Waals surface area contributed by atoms with Gasteiger partial charge in [-0.1, -0.05) is 12.1 Å². The average Bonchev–Trinajstić information content (AvgIpc) is 2.25. The molecule has 1 aromatic carbocycles. The number of nitrogens with zero attached hydrogens (tertiary/aromatic N) is 1. The monoisotopic (exact) mass is 194 g/mol. The van der Waals surface area contributed by atoms with E-state index in [-0.39, 0.29) is 0 Å². The maximum absolute atomic E-state index is 5.28. The molecule has 0 unspecified atom stereocenters. The fraction of sp³-hybridized carbons (Fsp3) is 0.455. The molecule has 0 heterocycles. The van der Waals surface area contributed by atoms with Gasteiger partial charge in [-0.15, -0.1) is 0 Å². The number of hydrogen-bond donors (Lipinski definition) is 1. The van der Waals surface area contributed by atoms with Crippen LogP contribution in [0.2, 0.25) is 0 Å².